The minimum Gasteiger partial charge on any atom is -0.467 e. The lowest BCUT2D eigenvalue weighted by molar-refractivity contribution is -0.145. The number of hydrogen-bond acceptors (Lipinski definition) is 6. The first kappa shape index (κ1) is 22.5. The predicted octanol–water partition coefficient (Wildman–Crippen LogP) is 0.979. The molecule has 9 heteroatoms. The topological polar surface area (TPSA) is 111 Å². The van der Waals surface area contributed by atoms with Crippen LogP contribution in [0.1, 0.15) is 11.1 Å². The number of ether oxygens (including phenoxy) is 1. The van der Waals surface area contributed by atoms with E-state index < -0.39 is 34.3 Å². The molecule has 1 unspecified atom stereocenters. The Labute approximate surface area is 170 Å². The summed E-state index contributed by atoms with van der Waals surface area (Å²) in [5.41, 5.74) is 1.56. The van der Waals surface area contributed by atoms with E-state index in [1.165, 1.54) is 7.11 Å². The molecule has 8 nitrogen and oxygen atoms in total. The Morgan fingerprint density at radius 3 is 1.79 bits per heavy atom. The zero-order valence-corrected chi connectivity index (χ0v) is 17.0. The fourth-order valence-corrected chi connectivity index (χ4v) is 3.35. The van der Waals surface area contributed by atoms with Gasteiger partial charge < -0.3 is 10.1 Å². The summed E-state index contributed by atoms with van der Waals surface area (Å²) < 4.78 is 35.1. The van der Waals surface area contributed by atoms with E-state index in [1.54, 1.807) is 24.3 Å². The lowest BCUT2D eigenvalue weighted by Crippen LogP contribution is -2.53. The van der Waals surface area contributed by atoms with Gasteiger partial charge >= 0.3 is 16.3 Å². The van der Waals surface area contributed by atoms with Crippen LogP contribution >= 0.6 is 0 Å². The smallest absolute Gasteiger partial charge is 0.336 e. The van der Waals surface area contributed by atoms with Gasteiger partial charge in [-0.2, -0.15) is 13.1 Å². The minimum atomic E-state index is -4.13. The molecule has 0 aromatic heterocycles. The molecule has 0 fully saturated rings. The van der Waals surface area contributed by atoms with Crippen molar-refractivity contribution in [3.63, 3.8) is 0 Å². The van der Waals surface area contributed by atoms with E-state index >= 15 is 0 Å². The van der Waals surface area contributed by atoms with E-state index in [-0.39, 0.29) is 12.8 Å². The number of nitrogens with one attached hydrogen (secondary N) is 2. The van der Waals surface area contributed by atoms with E-state index in [0.717, 1.165) is 18.2 Å². The Balaban J connectivity index is 2.20. The first-order valence-electron chi connectivity index (χ1n) is 8.88. The number of hydrogen-bond donors (Lipinski definition) is 2. The average Bonchev–Trinajstić information content (AvgIpc) is 2.73. The molecule has 0 aliphatic rings. The van der Waals surface area contributed by atoms with Crippen molar-refractivity contribution in [1.82, 2.24) is 10.0 Å². The van der Waals surface area contributed by atoms with Crippen LogP contribution in [0.4, 0.5) is 0 Å². The van der Waals surface area contributed by atoms with Crippen LogP contribution < -0.4 is 10.0 Å². The first-order chi connectivity index (χ1) is 13.8. The Morgan fingerprint density at radius 1 is 0.862 bits per heavy atom. The van der Waals surface area contributed by atoms with Crippen LogP contribution in [0.3, 0.4) is 0 Å². The largest absolute Gasteiger partial charge is 0.467 e. The molecule has 1 amide bonds. The molecule has 0 saturated carbocycles. The third kappa shape index (κ3) is 7.30. The molecule has 0 aliphatic heterocycles. The van der Waals surface area contributed by atoms with Crippen molar-refractivity contribution < 1.29 is 26.9 Å². The third-order valence-corrected chi connectivity index (χ3v) is 5.20. The maximum absolute atomic E-state index is 12.9. The number of amides is 1. The summed E-state index contributed by atoms with van der Waals surface area (Å²) >= 11 is 0. The monoisotopic (exact) mass is 420 g/mol. The summed E-state index contributed by atoms with van der Waals surface area (Å²) in [6.07, 6.45) is 0.281. The molecule has 0 bridgehead atoms. The summed E-state index contributed by atoms with van der Waals surface area (Å²) in [6, 6.07) is 15.9. The van der Waals surface area contributed by atoms with Crippen molar-refractivity contribution in [2.24, 2.45) is 0 Å². The lowest BCUT2D eigenvalue weighted by Gasteiger charge is -2.22. The third-order valence-electron chi connectivity index (χ3n) is 4.19. The highest BCUT2D eigenvalue weighted by molar-refractivity contribution is 7.84. The molecule has 156 valence electrons. The first-order valence-corrected chi connectivity index (χ1v) is 10.3. The van der Waals surface area contributed by atoms with Gasteiger partial charge in [-0.25, -0.2) is 4.79 Å². The summed E-state index contributed by atoms with van der Waals surface area (Å²) in [7, 11) is -1.92. The number of carbonyl (C=O) groups excluding carboxylic acids is 2. The quantitative estimate of drug-likeness (QED) is 0.555. The van der Waals surface area contributed by atoms with Gasteiger partial charge in [-0.3, -0.25) is 8.98 Å². The van der Waals surface area contributed by atoms with E-state index in [1.807, 2.05) is 36.4 Å². The van der Waals surface area contributed by atoms with Crippen LogP contribution in [-0.4, -0.2) is 46.6 Å². The van der Waals surface area contributed by atoms with Crippen molar-refractivity contribution in [1.29, 1.82) is 0 Å². The van der Waals surface area contributed by atoms with Crippen LogP contribution in [-0.2, 0) is 41.7 Å². The normalized spacial score (nSPS) is 13.3. The van der Waals surface area contributed by atoms with Gasteiger partial charge in [0.05, 0.1) is 14.2 Å². The Morgan fingerprint density at radius 2 is 1.34 bits per heavy atom. The summed E-state index contributed by atoms with van der Waals surface area (Å²) in [4.78, 5) is 25.0. The molecular weight excluding hydrogens is 396 g/mol. The second kappa shape index (κ2) is 10.7. The highest BCUT2D eigenvalue weighted by atomic mass is 32.2. The van der Waals surface area contributed by atoms with Crippen molar-refractivity contribution >= 4 is 22.2 Å². The van der Waals surface area contributed by atoms with Crippen molar-refractivity contribution in [2.45, 2.75) is 24.9 Å². The van der Waals surface area contributed by atoms with E-state index in [9.17, 15) is 18.0 Å². The van der Waals surface area contributed by atoms with Gasteiger partial charge in [0.15, 0.2) is 0 Å². The average molecular weight is 420 g/mol. The zero-order chi connectivity index (χ0) is 21.3. The molecule has 0 spiro atoms. The van der Waals surface area contributed by atoms with Gasteiger partial charge in [-0.15, -0.1) is 0 Å². The molecular formula is C20H24N2O6S. The van der Waals surface area contributed by atoms with Crippen molar-refractivity contribution in [3.8, 4) is 0 Å². The highest BCUT2D eigenvalue weighted by Crippen LogP contribution is 2.08. The molecule has 29 heavy (non-hydrogen) atoms. The molecule has 2 rings (SSSR count). The number of methoxy groups -OCH3 is 1. The van der Waals surface area contributed by atoms with Gasteiger partial charge in [0.2, 0.25) is 5.91 Å². The summed E-state index contributed by atoms with van der Waals surface area (Å²) in [5, 5.41) is 2.59. The molecule has 2 atom stereocenters. The number of benzene rings is 2. The highest BCUT2D eigenvalue weighted by Gasteiger charge is 2.29. The summed E-state index contributed by atoms with van der Waals surface area (Å²) in [5.74, 6) is -1.30. The standard InChI is InChI=1S/C20H24N2O6S/c1-27-20(24)18(14-16-11-7-4-8-12-16)21-19(23)17(22-29(25,26)28-2)13-15-9-5-3-6-10-15/h3-12,17-18,22H,13-14H2,1-2H3,(H,21,23)/t17-,18?/m0/s1. The lowest BCUT2D eigenvalue weighted by atomic mass is 10.0. The van der Waals surface area contributed by atoms with Crippen LogP contribution in [0.5, 0.6) is 0 Å². The molecule has 2 aromatic carbocycles. The van der Waals surface area contributed by atoms with E-state index in [4.69, 9.17) is 4.74 Å². The van der Waals surface area contributed by atoms with Gasteiger partial charge in [0, 0.05) is 6.42 Å². The van der Waals surface area contributed by atoms with Gasteiger partial charge in [-0.1, -0.05) is 60.7 Å². The fourth-order valence-electron chi connectivity index (χ4n) is 2.72. The second-order valence-corrected chi connectivity index (χ2v) is 7.73. The predicted molar refractivity (Wildman–Crippen MR) is 107 cm³/mol. The van der Waals surface area contributed by atoms with Crippen LogP contribution in [0.15, 0.2) is 60.7 Å². The minimum absolute atomic E-state index is 0.0779. The molecule has 0 saturated heterocycles. The van der Waals surface area contributed by atoms with Crippen molar-refractivity contribution in [3.05, 3.63) is 71.8 Å². The maximum Gasteiger partial charge on any atom is 0.336 e. The maximum atomic E-state index is 12.9. The number of esters is 1. The van der Waals surface area contributed by atoms with Crippen molar-refractivity contribution in [2.75, 3.05) is 14.2 Å². The van der Waals surface area contributed by atoms with Gasteiger partial charge in [-0.05, 0) is 17.5 Å². The Bertz CT molecular complexity index is 903. The van der Waals surface area contributed by atoms with Crippen LogP contribution in [0.2, 0.25) is 0 Å². The van der Waals surface area contributed by atoms with Gasteiger partial charge in [0.25, 0.3) is 0 Å². The van der Waals surface area contributed by atoms with E-state index in [0.29, 0.717) is 0 Å². The number of carbonyl (C=O) groups is 2. The Kier molecular flexibility index (Phi) is 8.32. The molecule has 0 heterocycles. The molecule has 0 aliphatic carbocycles. The van der Waals surface area contributed by atoms with E-state index in [2.05, 4.69) is 14.2 Å². The summed E-state index contributed by atoms with van der Waals surface area (Å²) in [6.45, 7) is 0. The molecule has 0 radical (unpaired) electrons. The van der Waals surface area contributed by atoms with Crippen LogP contribution in [0, 0.1) is 0 Å². The van der Waals surface area contributed by atoms with Crippen LogP contribution in [0.25, 0.3) is 0 Å². The fraction of sp³-hybridized carbons (Fsp3) is 0.300. The number of rotatable bonds is 10. The molecule has 2 N–H and O–H groups in total. The zero-order valence-electron chi connectivity index (χ0n) is 16.2. The SMILES string of the molecule is COC(=O)C(Cc1ccccc1)NC(=O)[C@H](Cc1ccccc1)NS(=O)(=O)OC. The second-order valence-electron chi connectivity index (χ2n) is 6.26. The Hall–Kier alpha value is -2.75. The van der Waals surface area contributed by atoms with Gasteiger partial charge in [0.1, 0.15) is 12.1 Å². The molecule has 2 aromatic rings.